The zero-order valence-electron chi connectivity index (χ0n) is 11.3. The SMILES string of the molecule is Cc1cc2nc(CN3CCCCC3)[nH]c2cc1C. The number of benzene rings is 1. The third-order valence-corrected chi connectivity index (χ3v) is 3.97. The van der Waals surface area contributed by atoms with Crippen LogP contribution in [0.2, 0.25) is 0 Å². The molecule has 0 bridgehead atoms. The van der Waals surface area contributed by atoms with Crippen LogP contribution in [-0.4, -0.2) is 28.0 Å². The topological polar surface area (TPSA) is 31.9 Å². The predicted octanol–water partition coefficient (Wildman–Crippen LogP) is 3.17. The number of imidazole rings is 1. The highest BCUT2D eigenvalue weighted by Gasteiger charge is 2.12. The lowest BCUT2D eigenvalue weighted by molar-refractivity contribution is 0.216. The number of hydrogen-bond donors (Lipinski definition) is 1. The number of aromatic amines is 1. The zero-order chi connectivity index (χ0) is 12.5. The summed E-state index contributed by atoms with van der Waals surface area (Å²) in [5.41, 5.74) is 4.92. The predicted molar refractivity (Wildman–Crippen MR) is 74.7 cm³/mol. The van der Waals surface area contributed by atoms with Crippen LogP contribution in [0, 0.1) is 13.8 Å². The Morgan fingerprint density at radius 2 is 1.83 bits per heavy atom. The fraction of sp³-hybridized carbons (Fsp3) is 0.533. The summed E-state index contributed by atoms with van der Waals surface area (Å²) in [5, 5.41) is 0. The molecule has 1 aliphatic heterocycles. The van der Waals surface area contributed by atoms with Crippen molar-refractivity contribution in [1.82, 2.24) is 14.9 Å². The third kappa shape index (κ3) is 2.27. The Bertz CT molecular complexity index is 511. The van der Waals surface area contributed by atoms with E-state index < -0.39 is 0 Å². The Balaban J connectivity index is 1.84. The number of likely N-dealkylation sites (tertiary alicyclic amines) is 1. The van der Waals surface area contributed by atoms with Crippen molar-refractivity contribution in [2.24, 2.45) is 0 Å². The molecule has 1 aliphatic rings. The van der Waals surface area contributed by atoms with E-state index in [4.69, 9.17) is 4.98 Å². The number of nitrogens with one attached hydrogen (secondary N) is 1. The summed E-state index contributed by atoms with van der Waals surface area (Å²) in [5.74, 6) is 1.11. The molecular weight excluding hydrogens is 222 g/mol. The van der Waals surface area contributed by atoms with Crippen LogP contribution in [0.1, 0.15) is 36.2 Å². The van der Waals surface area contributed by atoms with Gasteiger partial charge < -0.3 is 4.98 Å². The van der Waals surface area contributed by atoms with Crippen molar-refractivity contribution in [3.05, 3.63) is 29.1 Å². The second-order valence-electron chi connectivity index (χ2n) is 5.47. The fourth-order valence-corrected chi connectivity index (χ4v) is 2.73. The quantitative estimate of drug-likeness (QED) is 0.878. The average Bonchev–Trinajstić information content (AvgIpc) is 2.72. The van der Waals surface area contributed by atoms with Crippen molar-refractivity contribution in [3.63, 3.8) is 0 Å². The van der Waals surface area contributed by atoms with Crippen LogP contribution in [0.4, 0.5) is 0 Å². The molecule has 0 radical (unpaired) electrons. The minimum atomic E-state index is 0.965. The lowest BCUT2D eigenvalue weighted by Gasteiger charge is -2.25. The van der Waals surface area contributed by atoms with Gasteiger partial charge >= 0.3 is 0 Å². The van der Waals surface area contributed by atoms with Gasteiger partial charge in [0, 0.05) is 0 Å². The summed E-state index contributed by atoms with van der Waals surface area (Å²) >= 11 is 0. The van der Waals surface area contributed by atoms with Gasteiger partial charge in [0.25, 0.3) is 0 Å². The van der Waals surface area contributed by atoms with Gasteiger partial charge in [-0.2, -0.15) is 0 Å². The maximum atomic E-state index is 4.71. The Hall–Kier alpha value is -1.35. The third-order valence-electron chi connectivity index (χ3n) is 3.97. The molecule has 0 spiro atoms. The van der Waals surface area contributed by atoms with Crippen molar-refractivity contribution in [1.29, 1.82) is 0 Å². The summed E-state index contributed by atoms with van der Waals surface area (Å²) in [7, 11) is 0. The number of nitrogens with zero attached hydrogens (tertiary/aromatic N) is 2. The van der Waals surface area contributed by atoms with Crippen molar-refractivity contribution in [2.45, 2.75) is 39.7 Å². The van der Waals surface area contributed by atoms with Gasteiger partial charge in [-0.25, -0.2) is 4.98 Å². The molecule has 1 aromatic heterocycles. The normalized spacial score (nSPS) is 17.4. The standard InChI is InChI=1S/C15H21N3/c1-11-8-13-14(9-12(11)2)17-15(16-13)10-18-6-4-3-5-7-18/h8-9H,3-7,10H2,1-2H3,(H,16,17). The lowest BCUT2D eigenvalue weighted by Crippen LogP contribution is -2.29. The second kappa shape index (κ2) is 4.73. The van der Waals surface area contributed by atoms with Crippen LogP contribution in [0.5, 0.6) is 0 Å². The molecule has 3 heteroatoms. The molecule has 3 nitrogen and oxygen atoms in total. The summed E-state index contributed by atoms with van der Waals surface area (Å²) in [6.45, 7) is 7.70. The first-order chi connectivity index (χ1) is 8.72. The highest BCUT2D eigenvalue weighted by Crippen LogP contribution is 2.18. The van der Waals surface area contributed by atoms with Crippen LogP contribution in [0.25, 0.3) is 11.0 Å². The van der Waals surface area contributed by atoms with E-state index in [0.717, 1.165) is 17.9 Å². The first-order valence-corrected chi connectivity index (χ1v) is 6.90. The maximum absolute atomic E-state index is 4.71. The minimum absolute atomic E-state index is 0.965. The molecule has 0 saturated carbocycles. The van der Waals surface area contributed by atoms with Crippen molar-refractivity contribution < 1.29 is 0 Å². The zero-order valence-corrected chi connectivity index (χ0v) is 11.3. The Labute approximate surface area is 108 Å². The Kier molecular flexibility index (Phi) is 3.08. The van der Waals surface area contributed by atoms with Gasteiger partial charge in [-0.3, -0.25) is 4.90 Å². The van der Waals surface area contributed by atoms with E-state index in [9.17, 15) is 0 Å². The molecule has 0 unspecified atom stereocenters. The van der Waals surface area contributed by atoms with E-state index >= 15 is 0 Å². The molecule has 1 aromatic carbocycles. The summed E-state index contributed by atoms with van der Waals surface area (Å²) < 4.78 is 0. The number of fused-ring (bicyclic) bond motifs is 1. The van der Waals surface area contributed by atoms with Gasteiger partial charge in [-0.05, 0) is 63.0 Å². The Morgan fingerprint density at radius 1 is 1.11 bits per heavy atom. The van der Waals surface area contributed by atoms with Crippen LogP contribution >= 0.6 is 0 Å². The molecular formula is C15H21N3. The molecule has 96 valence electrons. The summed E-state index contributed by atoms with van der Waals surface area (Å²) in [4.78, 5) is 10.7. The molecule has 2 aromatic rings. The number of piperidine rings is 1. The number of hydrogen-bond acceptors (Lipinski definition) is 2. The van der Waals surface area contributed by atoms with Gasteiger partial charge in [-0.1, -0.05) is 6.42 Å². The first-order valence-electron chi connectivity index (χ1n) is 6.90. The molecule has 18 heavy (non-hydrogen) atoms. The minimum Gasteiger partial charge on any atom is -0.341 e. The largest absolute Gasteiger partial charge is 0.341 e. The Morgan fingerprint density at radius 3 is 2.61 bits per heavy atom. The lowest BCUT2D eigenvalue weighted by atomic mass is 10.1. The molecule has 0 aliphatic carbocycles. The van der Waals surface area contributed by atoms with Crippen LogP contribution in [-0.2, 0) is 6.54 Å². The molecule has 0 amide bonds. The monoisotopic (exact) mass is 243 g/mol. The molecule has 2 heterocycles. The second-order valence-corrected chi connectivity index (χ2v) is 5.47. The van der Waals surface area contributed by atoms with E-state index in [1.54, 1.807) is 0 Å². The molecule has 1 N–H and O–H groups in total. The molecule has 1 saturated heterocycles. The number of rotatable bonds is 2. The van der Waals surface area contributed by atoms with Crippen LogP contribution in [0.3, 0.4) is 0 Å². The highest BCUT2D eigenvalue weighted by atomic mass is 15.1. The smallest absolute Gasteiger partial charge is 0.121 e. The van der Waals surface area contributed by atoms with Gasteiger partial charge in [-0.15, -0.1) is 0 Å². The molecule has 0 atom stereocenters. The van der Waals surface area contributed by atoms with Crippen molar-refractivity contribution in [2.75, 3.05) is 13.1 Å². The van der Waals surface area contributed by atoms with Gasteiger partial charge in [0.05, 0.1) is 17.6 Å². The van der Waals surface area contributed by atoms with Crippen molar-refractivity contribution >= 4 is 11.0 Å². The maximum Gasteiger partial charge on any atom is 0.121 e. The van der Waals surface area contributed by atoms with E-state index in [1.807, 2.05) is 0 Å². The fourth-order valence-electron chi connectivity index (χ4n) is 2.73. The average molecular weight is 243 g/mol. The number of aromatic nitrogens is 2. The van der Waals surface area contributed by atoms with E-state index in [2.05, 4.69) is 35.9 Å². The van der Waals surface area contributed by atoms with Gasteiger partial charge in [0.2, 0.25) is 0 Å². The molecule has 1 fully saturated rings. The number of aryl methyl sites for hydroxylation is 2. The van der Waals surface area contributed by atoms with E-state index in [0.29, 0.717) is 0 Å². The van der Waals surface area contributed by atoms with Crippen LogP contribution < -0.4 is 0 Å². The van der Waals surface area contributed by atoms with Crippen LogP contribution in [0.15, 0.2) is 12.1 Å². The molecule has 3 rings (SSSR count). The van der Waals surface area contributed by atoms with Crippen molar-refractivity contribution in [3.8, 4) is 0 Å². The summed E-state index contributed by atoms with van der Waals surface area (Å²) in [6, 6.07) is 4.39. The van der Waals surface area contributed by atoms with Gasteiger partial charge in [0.15, 0.2) is 0 Å². The first kappa shape index (κ1) is 11.7. The van der Waals surface area contributed by atoms with Gasteiger partial charge in [0.1, 0.15) is 5.82 Å². The van der Waals surface area contributed by atoms with E-state index in [1.165, 1.54) is 49.0 Å². The highest BCUT2D eigenvalue weighted by molar-refractivity contribution is 5.77. The van der Waals surface area contributed by atoms with E-state index in [-0.39, 0.29) is 0 Å². The summed E-state index contributed by atoms with van der Waals surface area (Å²) in [6.07, 6.45) is 4.05. The number of H-pyrrole nitrogens is 1.